The van der Waals surface area contributed by atoms with Gasteiger partial charge >= 0.3 is 0 Å². The molecule has 29 heavy (non-hydrogen) atoms. The predicted octanol–water partition coefficient (Wildman–Crippen LogP) is 4.38. The number of carbonyl (C=O) groups is 1. The molecule has 0 fully saturated rings. The van der Waals surface area contributed by atoms with Crippen LogP contribution in [-0.4, -0.2) is 28.2 Å². The molecule has 150 valence electrons. The normalized spacial score (nSPS) is 10.4. The molecule has 3 aromatic rings. The molecule has 6 nitrogen and oxygen atoms in total. The second-order valence-electron chi connectivity index (χ2n) is 6.19. The Morgan fingerprint density at radius 1 is 1.07 bits per heavy atom. The monoisotopic (exact) mass is 409 g/mol. The van der Waals surface area contributed by atoms with E-state index in [1.54, 1.807) is 12.4 Å². The minimum atomic E-state index is -0.103. The largest absolute Gasteiger partial charge is 0.494 e. The molecular weight excluding hydrogens is 386 g/mol. The molecule has 1 heterocycles. The average molecular weight is 410 g/mol. The molecule has 0 saturated heterocycles. The van der Waals surface area contributed by atoms with Crippen LogP contribution in [0.1, 0.15) is 18.1 Å². The fourth-order valence-electron chi connectivity index (χ4n) is 2.52. The van der Waals surface area contributed by atoms with E-state index in [9.17, 15) is 4.79 Å². The zero-order valence-corrected chi connectivity index (χ0v) is 17.2. The van der Waals surface area contributed by atoms with Crippen LogP contribution in [0.15, 0.2) is 66.0 Å². The van der Waals surface area contributed by atoms with E-state index in [1.165, 1.54) is 11.8 Å². The van der Waals surface area contributed by atoms with Crippen molar-refractivity contribution in [2.75, 3.05) is 12.4 Å². The van der Waals surface area contributed by atoms with E-state index in [0.717, 1.165) is 16.9 Å². The third-order valence-electron chi connectivity index (χ3n) is 3.96. The lowest BCUT2D eigenvalue weighted by molar-refractivity contribution is -0.118. The minimum Gasteiger partial charge on any atom is -0.494 e. The van der Waals surface area contributed by atoms with Gasteiger partial charge in [-0.15, -0.1) is 0 Å². The highest BCUT2D eigenvalue weighted by Gasteiger charge is 2.12. The van der Waals surface area contributed by atoms with Gasteiger partial charge in [0.1, 0.15) is 11.5 Å². The van der Waals surface area contributed by atoms with Crippen LogP contribution >= 0.6 is 11.8 Å². The van der Waals surface area contributed by atoms with Crippen LogP contribution in [0.3, 0.4) is 0 Å². The number of para-hydroxylation sites is 1. The van der Waals surface area contributed by atoms with E-state index in [2.05, 4.69) is 15.3 Å². The number of hydrogen-bond acceptors (Lipinski definition) is 6. The van der Waals surface area contributed by atoms with Crippen LogP contribution < -0.4 is 14.8 Å². The second kappa shape index (κ2) is 10.5. The van der Waals surface area contributed by atoms with Crippen molar-refractivity contribution in [3.8, 4) is 17.4 Å². The summed E-state index contributed by atoms with van der Waals surface area (Å²) in [6.07, 6.45) is 3.15. The number of aromatic nitrogens is 2. The summed E-state index contributed by atoms with van der Waals surface area (Å²) in [4.78, 5) is 20.8. The Kier molecular flexibility index (Phi) is 7.47. The zero-order valence-electron chi connectivity index (χ0n) is 16.4. The first-order valence-electron chi connectivity index (χ1n) is 9.31. The van der Waals surface area contributed by atoms with E-state index < -0.39 is 0 Å². The number of thioether (sulfide) groups is 1. The molecule has 0 spiro atoms. The number of hydrogen-bond donors (Lipinski definition) is 1. The number of benzene rings is 2. The number of nitrogens with one attached hydrogen (secondary N) is 1. The Hall–Kier alpha value is -3.06. The molecule has 1 aromatic heterocycles. The van der Waals surface area contributed by atoms with Gasteiger partial charge in [-0.2, -0.15) is 0 Å². The molecule has 0 saturated carbocycles. The predicted molar refractivity (Wildman–Crippen MR) is 113 cm³/mol. The van der Waals surface area contributed by atoms with Crippen molar-refractivity contribution < 1.29 is 14.3 Å². The Morgan fingerprint density at radius 2 is 1.83 bits per heavy atom. The second-order valence-corrected chi connectivity index (χ2v) is 7.15. The van der Waals surface area contributed by atoms with E-state index in [-0.39, 0.29) is 11.7 Å². The fourth-order valence-corrected chi connectivity index (χ4v) is 3.25. The van der Waals surface area contributed by atoms with Gasteiger partial charge in [-0.3, -0.25) is 4.79 Å². The van der Waals surface area contributed by atoms with E-state index in [1.807, 2.05) is 62.4 Å². The van der Waals surface area contributed by atoms with E-state index >= 15 is 0 Å². The van der Waals surface area contributed by atoms with Crippen LogP contribution in [0.4, 0.5) is 0 Å². The summed E-state index contributed by atoms with van der Waals surface area (Å²) < 4.78 is 11.4. The van der Waals surface area contributed by atoms with Gasteiger partial charge in [-0.1, -0.05) is 47.7 Å². The van der Waals surface area contributed by atoms with Gasteiger partial charge in [0, 0.05) is 24.5 Å². The Bertz CT molecular complexity index is 948. The van der Waals surface area contributed by atoms with Crippen molar-refractivity contribution in [1.29, 1.82) is 0 Å². The first kappa shape index (κ1) is 20.7. The highest BCUT2D eigenvalue weighted by atomic mass is 32.2. The average Bonchev–Trinajstić information content (AvgIpc) is 2.74. The molecule has 0 aliphatic heterocycles. The SMILES string of the molecule is CCOc1ccccc1CNC(=O)CSc1nccnc1Oc1ccc(C)cc1. The lowest BCUT2D eigenvalue weighted by Crippen LogP contribution is -2.25. The summed E-state index contributed by atoms with van der Waals surface area (Å²) in [5, 5.41) is 3.48. The molecule has 0 radical (unpaired) electrons. The van der Waals surface area contributed by atoms with Gasteiger partial charge in [0.15, 0.2) is 5.03 Å². The summed E-state index contributed by atoms with van der Waals surface area (Å²) in [6.45, 7) is 4.93. The third-order valence-corrected chi connectivity index (χ3v) is 4.92. The lowest BCUT2D eigenvalue weighted by Gasteiger charge is -2.11. The maximum Gasteiger partial charge on any atom is 0.252 e. The van der Waals surface area contributed by atoms with E-state index in [4.69, 9.17) is 9.47 Å². The number of ether oxygens (including phenoxy) is 2. The van der Waals surface area contributed by atoms with E-state index in [0.29, 0.717) is 29.8 Å². The molecule has 7 heteroatoms. The summed E-state index contributed by atoms with van der Waals surface area (Å²) in [6, 6.07) is 15.4. The van der Waals surface area contributed by atoms with Gasteiger partial charge < -0.3 is 14.8 Å². The third kappa shape index (κ3) is 6.22. The van der Waals surface area contributed by atoms with Crippen molar-refractivity contribution >= 4 is 17.7 Å². The standard InChI is InChI=1S/C22H23N3O3S/c1-3-27-19-7-5-4-6-17(19)14-25-20(26)15-29-22-21(23-12-13-24-22)28-18-10-8-16(2)9-11-18/h4-13H,3,14-15H2,1-2H3,(H,25,26). The minimum absolute atomic E-state index is 0.103. The van der Waals surface area contributed by atoms with Gasteiger partial charge in [0.2, 0.25) is 5.91 Å². The van der Waals surface area contributed by atoms with Gasteiger partial charge in [0.05, 0.1) is 12.4 Å². The van der Waals surface area contributed by atoms with Crippen LogP contribution in [0.25, 0.3) is 0 Å². The molecule has 0 aliphatic rings. The molecule has 2 aromatic carbocycles. The van der Waals surface area contributed by atoms with Crippen LogP contribution in [0.2, 0.25) is 0 Å². The fraction of sp³-hybridized carbons (Fsp3) is 0.227. The number of rotatable bonds is 9. The first-order chi connectivity index (χ1) is 14.2. The summed E-state index contributed by atoms with van der Waals surface area (Å²) in [7, 11) is 0. The smallest absolute Gasteiger partial charge is 0.252 e. The summed E-state index contributed by atoms with van der Waals surface area (Å²) in [5.74, 6) is 1.95. The molecule has 0 bridgehead atoms. The molecule has 0 atom stereocenters. The van der Waals surface area contributed by atoms with Crippen molar-refractivity contribution in [2.45, 2.75) is 25.4 Å². The molecule has 1 N–H and O–H groups in total. The van der Waals surface area contributed by atoms with Gasteiger partial charge in [-0.05, 0) is 32.0 Å². The van der Waals surface area contributed by atoms with Crippen LogP contribution in [0.5, 0.6) is 17.4 Å². The highest BCUT2D eigenvalue weighted by Crippen LogP contribution is 2.28. The summed E-state index contributed by atoms with van der Waals surface area (Å²) >= 11 is 1.29. The molecular formula is C22H23N3O3S. The lowest BCUT2D eigenvalue weighted by atomic mass is 10.2. The van der Waals surface area contributed by atoms with Crippen molar-refractivity contribution in [3.63, 3.8) is 0 Å². The van der Waals surface area contributed by atoms with Crippen LogP contribution in [-0.2, 0) is 11.3 Å². The molecule has 0 aliphatic carbocycles. The Morgan fingerprint density at radius 3 is 2.62 bits per heavy atom. The zero-order chi connectivity index (χ0) is 20.5. The number of carbonyl (C=O) groups excluding carboxylic acids is 1. The number of nitrogens with zero attached hydrogens (tertiary/aromatic N) is 2. The van der Waals surface area contributed by atoms with Crippen molar-refractivity contribution in [2.24, 2.45) is 0 Å². The quantitative estimate of drug-likeness (QED) is 0.529. The van der Waals surface area contributed by atoms with Gasteiger partial charge in [0.25, 0.3) is 5.88 Å². The number of amides is 1. The van der Waals surface area contributed by atoms with Gasteiger partial charge in [-0.25, -0.2) is 9.97 Å². The van der Waals surface area contributed by atoms with Crippen molar-refractivity contribution in [1.82, 2.24) is 15.3 Å². The van der Waals surface area contributed by atoms with Crippen LogP contribution in [0, 0.1) is 6.92 Å². The first-order valence-corrected chi connectivity index (χ1v) is 10.3. The Labute approximate surface area is 174 Å². The number of aryl methyl sites for hydroxylation is 1. The molecule has 1 amide bonds. The van der Waals surface area contributed by atoms with Crippen molar-refractivity contribution in [3.05, 3.63) is 72.1 Å². The maximum absolute atomic E-state index is 12.3. The summed E-state index contributed by atoms with van der Waals surface area (Å²) in [5.41, 5.74) is 2.09. The topological polar surface area (TPSA) is 73.3 Å². The maximum atomic E-state index is 12.3. The molecule has 0 unspecified atom stereocenters. The Balaban J connectivity index is 1.56. The molecule has 3 rings (SSSR count). The highest BCUT2D eigenvalue weighted by molar-refractivity contribution is 8.00.